The number of nitrogens with one attached hydrogen (secondary N) is 1. The Morgan fingerprint density at radius 2 is 1.93 bits per heavy atom. The van der Waals surface area contributed by atoms with Crippen molar-refractivity contribution in [2.45, 2.75) is 25.8 Å². The maximum Gasteiger partial charge on any atom is 0.241 e. The fourth-order valence-corrected chi connectivity index (χ4v) is 4.85. The Labute approximate surface area is 180 Å². The van der Waals surface area contributed by atoms with Crippen molar-refractivity contribution in [1.82, 2.24) is 14.9 Å². The van der Waals surface area contributed by atoms with Crippen LogP contribution >= 0.6 is 23.2 Å². The molecule has 0 saturated carbocycles. The fourth-order valence-electron chi connectivity index (χ4n) is 4.32. The number of benzene rings is 1. The minimum atomic E-state index is 0.0605. The van der Waals surface area contributed by atoms with Crippen LogP contribution in [-0.2, 0) is 4.79 Å². The molecule has 2 unspecified atom stereocenters. The molecule has 4 rings (SSSR count). The quantitative estimate of drug-likeness (QED) is 0.767. The molecule has 1 amide bonds. The van der Waals surface area contributed by atoms with Crippen molar-refractivity contribution in [2.24, 2.45) is 5.92 Å². The van der Waals surface area contributed by atoms with Crippen LogP contribution in [0.25, 0.3) is 0 Å². The molecule has 29 heavy (non-hydrogen) atoms. The number of fused-ring (bicyclic) bond motifs is 1. The molecule has 0 radical (unpaired) electrons. The van der Waals surface area contributed by atoms with Crippen LogP contribution in [0, 0.1) is 12.8 Å². The molecule has 2 fully saturated rings. The number of piperidine rings is 1. The second kappa shape index (κ2) is 8.24. The molecule has 2 aliphatic rings. The van der Waals surface area contributed by atoms with Gasteiger partial charge >= 0.3 is 0 Å². The van der Waals surface area contributed by atoms with Crippen LogP contribution in [0.4, 0.5) is 17.3 Å². The number of carbonyl (C=O) groups is 1. The third-order valence-electron chi connectivity index (χ3n) is 5.89. The summed E-state index contributed by atoms with van der Waals surface area (Å²) in [5.74, 6) is 2.01. The fraction of sp³-hybridized carbons (Fsp3) is 0.450. The Bertz CT molecular complexity index is 904. The monoisotopic (exact) mass is 434 g/mol. The number of halogens is 2. The number of nitrogen functional groups attached to an aromatic ring is 1. The van der Waals surface area contributed by atoms with Gasteiger partial charge in [0.05, 0.1) is 12.6 Å². The van der Waals surface area contributed by atoms with Crippen LogP contribution in [0.15, 0.2) is 24.5 Å². The number of rotatable bonds is 4. The lowest BCUT2D eigenvalue weighted by molar-refractivity contribution is -0.130. The number of hydrogen-bond donors (Lipinski definition) is 2. The SMILES string of the molecule is Cc1c(N)ncnc1N1CCC2CCN(C(=O)CNc3cc(Cl)cc(Cl)c3)CC21. The Hall–Kier alpha value is -2.25. The van der Waals surface area contributed by atoms with Gasteiger partial charge in [0.2, 0.25) is 5.91 Å². The van der Waals surface area contributed by atoms with Gasteiger partial charge in [-0.1, -0.05) is 23.2 Å². The maximum atomic E-state index is 12.8. The molecule has 1 aromatic carbocycles. The zero-order chi connectivity index (χ0) is 20.5. The van der Waals surface area contributed by atoms with Crippen molar-refractivity contribution in [3.8, 4) is 0 Å². The molecule has 1 aromatic heterocycles. The molecule has 3 N–H and O–H groups in total. The smallest absolute Gasteiger partial charge is 0.241 e. The van der Waals surface area contributed by atoms with Crippen LogP contribution in [-0.4, -0.2) is 53.0 Å². The third kappa shape index (κ3) is 4.21. The summed E-state index contributed by atoms with van der Waals surface area (Å²) in [6, 6.07) is 5.43. The minimum Gasteiger partial charge on any atom is -0.383 e. The lowest BCUT2D eigenvalue weighted by Gasteiger charge is -2.39. The number of amides is 1. The normalized spacial score (nSPS) is 21.2. The van der Waals surface area contributed by atoms with Gasteiger partial charge in [-0.3, -0.25) is 4.79 Å². The third-order valence-corrected chi connectivity index (χ3v) is 6.33. The van der Waals surface area contributed by atoms with Gasteiger partial charge in [-0.25, -0.2) is 9.97 Å². The first-order chi connectivity index (χ1) is 13.9. The van der Waals surface area contributed by atoms with Gasteiger partial charge in [0.25, 0.3) is 0 Å². The van der Waals surface area contributed by atoms with Gasteiger partial charge in [-0.05, 0) is 43.9 Å². The van der Waals surface area contributed by atoms with Gasteiger partial charge in [-0.15, -0.1) is 0 Å². The molecule has 7 nitrogen and oxygen atoms in total. The van der Waals surface area contributed by atoms with Crippen molar-refractivity contribution in [2.75, 3.05) is 42.1 Å². The lowest BCUT2D eigenvalue weighted by Crippen LogP contribution is -2.51. The zero-order valence-electron chi connectivity index (χ0n) is 16.2. The number of carbonyl (C=O) groups excluding carboxylic acids is 1. The number of likely N-dealkylation sites (tertiary alicyclic amines) is 1. The van der Waals surface area contributed by atoms with Crippen molar-refractivity contribution in [1.29, 1.82) is 0 Å². The average molecular weight is 435 g/mol. The highest BCUT2D eigenvalue weighted by atomic mass is 35.5. The molecule has 154 valence electrons. The summed E-state index contributed by atoms with van der Waals surface area (Å²) in [5.41, 5.74) is 7.61. The standard InChI is InChI=1S/C20H24Cl2N6O/c1-12-19(23)25-11-26-20(12)28-5-3-13-2-4-27(10-17(13)28)18(29)9-24-16-7-14(21)6-15(22)8-16/h6-8,11,13,17,24H,2-5,9-10H2,1H3,(H2,23,25,26). The number of aromatic nitrogens is 2. The first-order valence-corrected chi connectivity index (χ1v) is 10.5. The molecule has 2 atom stereocenters. The van der Waals surface area contributed by atoms with E-state index in [0.717, 1.165) is 43.0 Å². The van der Waals surface area contributed by atoms with E-state index in [-0.39, 0.29) is 18.5 Å². The summed E-state index contributed by atoms with van der Waals surface area (Å²) in [5, 5.41) is 4.20. The van der Waals surface area contributed by atoms with Crippen molar-refractivity contribution >= 4 is 46.4 Å². The highest BCUT2D eigenvalue weighted by molar-refractivity contribution is 6.35. The Morgan fingerprint density at radius 3 is 2.69 bits per heavy atom. The molecule has 2 aromatic rings. The Morgan fingerprint density at radius 1 is 1.21 bits per heavy atom. The molecule has 0 bridgehead atoms. The van der Waals surface area contributed by atoms with E-state index in [0.29, 0.717) is 28.3 Å². The second-order valence-corrected chi connectivity index (χ2v) is 8.53. The van der Waals surface area contributed by atoms with Crippen molar-refractivity contribution in [3.63, 3.8) is 0 Å². The molecule has 3 heterocycles. The highest BCUT2D eigenvalue weighted by Crippen LogP contribution is 2.36. The summed E-state index contributed by atoms with van der Waals surface area (Å²) in [7, 11) is 0. The molecule has 0 aliphatic carbocycles. The van der Waals surface area contributed by atoms with E-state index in [1.54, 1.807) is 18.2 Å². The summed E-state index contributed by atoms with van der Waals surface area (Å²) in [4.78, 5) is 25.6. The van der Waals surface area contributed by atoms with Crippen molar-refractivity contribution in [3.05, 3.63) is 40.1 Å². The van der Waals surface area contributed by atoms with E-state index in [1.807, 2.05) is 11.8 Å². The largest absolute Gasteiger partial charge is 0.383 e. The number of nitrogens with zero attached hydrogens (tertiary/aromatic N) is 4. The zero-order valence-corrected chi connectivity index (χ0v) is 17.7. The van der Waals surface area contributed by atoms with Crippen LogP contribution < -0.4 is 16.0 Å². The van der Waals surface area contributed by atoms with Gasteiger partial charge in [-0.2, -0.15) is 0 Å². The maximum absolute atomic E-state index is 12.8. The van der Waals surface area contributed by atoms with E-state index >= 15 is 0 Å². The second-order valence-electron chi connectivity index (χ2n) is 7.66. The Kier molecular flexibility index (Phi) is 5.69. The van der Waals surface area contributed by atoms with Gasteiger partial charge in [0.1, 0.15) is 18.0 Å². The number of anilines is 3. The molecular weight excluding hydrogens is 411 g/mol. The van der Waals surface area contributed by atoms with Crippen LogP contribution in [0.5, 0.6) is 0 Å². The van der Waals surface area contributed by atoms with E-state index in [4.69, 9.17) is 28.9 Å². The van der Waals surface area contributed by atoms with Crippen LogP contribution in [0.2, 0.25) is 10.0 Å². The molecule has 2 saturated heterocycles. The molecule has 2 aliphatic heterocycles. The summed E-state index contributed by atoms with van der Waals surface area (Å²) in [6.07, 6.45) is 3.61. The number of hydrogen-bond acceptors (Lipinski definition) is 6. The van der Waals surface area contributed by atoms with E-state index in [9.17, 15) is 4.79 Å². The van der Waals surface area contributed by atoms with Gasteiger partial charge < -0.3 is 20.9 Å². The molecular formula is C20H24Cl2N6O. The Balaban J connectivity index is 1.43. The summed E-state index contributed by atoms with van der Waals surface area (Å²) >= 11 is 12.1. The molecule has 9 heteroatoms. The number of nitrogens with two attached hydrogens (primary N) is 1. The predicted octanol–water partition coefficient (Wildman–Crippen LogP) is 3.21. The van der Waals surface area contributed by atoms with Gasteiger partial charge in [0, 0.05) is 40.9 Å². The van der Waals surface area contributed by atoms with Gasteiger partial charge in [0.15, 0.2) is 0 Å². The molecule has 0 spiro atoms. The van der Waals surface area contributed by atoms with E-state index in [1.165, 1.54) is 6.33 Å². The predicted molar refractivity (Wildman–Crippen MR) is 117 cm³/mol. The summed E-state index contributed by atoms with van der Waals surface area (Å²) in [6.45, 7) is 4.53. The lowest BCUT2D eigenvalue weighted by atomic mass is 9.92. The topological polar surface area (TPSA) is 87.4 Å². The minimum absolute atomic E-state index is 0.0605. The summed E-state index contributed by atoms with van der Waals surface area (Å²) < 4.78 is 0. The van der Waals surface area contributed by atoms with Crippen LogP contribution in [0.1, 0.15) is 18.4 Å². The van der Waals surface area contributed by atoms with Crippen molar-refractivity contribution < 1.29 is 4.79 Å². The average Bonchev–Trinajstić information content (AvgIpc) is 3.10. The first-order valence-electron chi connectivity index (χ1n) is 9.74. The first kappa shape index (κ1) is 20.0. The highest BCUT2D eigenvalue weighted by Gasteiger charge is 2.40. The van der Waals surface area contributed by atoms with E-state index < -0.39 is 0 Å². The van der Waals surface area contributed by atoms with Crippen LogP contribution in [0.3, 0.4) is 0 Å². The van der Waals surface area contributed by atoms with E-state index in [2.05, 4.69) is 20.2 Å².